The van der Waals surface area contributed by atoms with Crippen molar-refractivity contribution in [2.75, 3.05) is 46.1 Å². The molecule has 0 radical (unpaired) electrons. The van der Waals surface area contributed by atoms with Crippen molar-refractivity contribution in [2.45, 2.75) is 25.4 Å². The number of carbonyl (C=O) groups is 1. The lowest BCUT2D eigenvalue weighted by atomic mass is 9.96. The first-order valence-electron chi connectivity index (χ1n) is 8.42. The maximum atomic E-state index is 12.4. The number of hydrogen-bond acceptors (Lipinski definition) is 5. The number of aromatic nitrogens is 2. The lowest BCUT2D eigenvalue weighted by Crippen LogP contribution is -2.52. The normalized spacial score (nSPS) is 25.2. The fourth-order valence-electron chi connectivity index (χ4n) is 3.34. The molecule has 128 valence electrons. The second-order valence-electron chi connectivity index (χ2n) is 6.25. The Labute approximate surface area is 136 Å². The number of hydrogen-bond donors (Lipinski definition) is 1. The van der Waals surface area contributed by atoms with Gasteiger partial charge >= 0.3 is 0 Å². The van der Waals surface area contributed by atoms with Crippen LogP contribution in [0, 0.1) is 5.92 Å². The first-order valence-corrected chi connectivity index (χ1v) is 8.42. The number of ether oxygens (including phenoxy) is 2. The van der Waals surface area contributed by atoms with Crippen LogP contribution in [-0.4, -0.2) is 72.7 Å². The molecule has 7 heteroatoms. The van der Waals surface area contributed by atoms with Gasteiger partial charge in [-0.1, -0.05) is 0 Å². The van der Waals surface area contributed by atoms with E-state index in [0.717, 1.165) is 45.9 Å². The first-order chi connectivity index (χ1) is 11.3. The Bertz CT molecular complexity index is 482. The van der Waals surface area contributed by atoms with Gasteiger partial charge < -0.3 is 14.8 Å². The van der Waals surface area contributed by atoms with Crippen molar-refractivity contribution in [3.8, 4) is 0 Å². The third kappa shape index (κ3) is 4.10. The highest BCUT2D eigenvalue weighted by Crippen LogP contribution is 2.22. The molecule has 2 fully saturated rings. The average molecular weight is 322 g/mol. The van der Waals surface area contributed by atoms with Crippen LogP contribution in [0.4, 0.5) is 0 Å². The molecular weight excluding hydrogens is 296 g/mol. The second kappa shape index (κ2) is 7.90. The molecule has 3 atom stereocenters. The molecule has 0 spiro atoms. The standard InChI is InChI=1S/C16H26N4O3/c1-13(20-5-2-4-18-20)16(21)17-11-15(14-3-8-23-12-14)19-6-9-22-10-7-19/h2,4-5,13-15H,3,6-12H2,1H3,(H,17,21). The molecule has 2 aliphatic rings. The van der Waals surface area contributed by atoms with E-state index >= 15 is 0 Å². The van der Waals surface area contributed by atoms with Crippen LogP contribution in [0.2, 0.25) is 0 Å². The number of morpholine rings is 1. The highest BCUT2D eigenvalue weighted by Gasteiger charge is 2.32. The summed E-state index contributed by atoms with van der Waals surface area (Å²) in [5.74, 6) is 0.485. The Morgan fingerprint density at radius 1 is 1.35 bits per heavy atom. The molecule has 2 saturated heterocycles. The van der Waals surface area contributed by atoms with E-state index in [2.05, 4.69) is 15.3 Å². The molecule has 0 saturated carbocycles. The number of nitrogens with zero attached hydrogens (tertiary/aromatic N) is 3. The number of carbonyl (C=O) groups excluding carboxylic acids is 1. The molecule has 7 nitrogen and oxygen atoms in total. The molecule has 0 aliphatic carbocycles. The average Bonchev–Trinajstić information content (AvgIpc) is 3.29. The van der Waals surface area contributed by atoms with Crippen molar-refractivity contribution in [1.29, 1.82) is 0 Å². The van der Waals surface area contributed by atoms with Crippen LogP contribution in [0.5, 0.6) is 0 Å². The summed E-state index contributed by atoms with van der Waals surface area (Å²) < 4.78 is 12.7. The highest BCUT2D eigenvalue weighted by molar-refractivity contribution is 5.79. The van der Waals surface area contributed by atoms with Gasteiger partial charge in [-0.25, -0.2) is 0 Å². The Balaban J connectivity index is 1.58. The molecule has 1 N–H and O–H groups in total. The Hall–Kier alpha value is -1.44. The third-order valence-corrected chi connectivity index (χ3v) is 4.81. The Morgan fingerprint density at radius 2 is 2.17 bits per heavy atom. The van der Waals surface area contributed by atoms with E-state index in [9.17, 15) is 4.79 Å². The fourth-order valence-corrected chi connectivity index (χ4v) is 3.34. The molecule has 23 heavy (non-hydrogen) atoms. The first kappa shape index (κ1) is 16.4. The molecule has 3 rings (SSSR count). The summed E-state index contributed by atoms with van der Waals surface area (Å²) in [5.41, 5.74) is 0. The summed E-state index contributed by atoms with van der Waals surface area (Å²) >= 11 is 0. The topological polar surface area (TPSA) is 68.6 Å². The maximum Gasteiger partial charge on any atom is 0.244 e. The van der Waals surface area contributed by atoms with Gasteiger partial charge in [-0.05, 0) is 19.4 Å². The zero-order valence-electron chi connectivity index (χ0n) is 13.7. The van der Waals surface area contributed by atoms with Crippen LogP contribution < -0.4 is 5.32 Å². The zero-order chi connectivity index (χ0) is 16.1. The van der Waals surface area contributed by atoms with Gasteiger partial charge in [0, 0.05) is 50.6 Å². The van der Waals surface area contributed by atoms with Crippen LogP contribution in [0.3, 0.4) is 0 Å². The zero-order valence-corrected chi connectivity index (χ0v) is 13.7. The minimum Gasteiger partial charge on any atom is -0.381 e. The SMILES string of the molecule is CC(C(=O)NCC(C1CCOC1)N1CCOCC1)n1cccn1. The van der Waals surface area contributed by atoms with Gasteiger partial charge in [0.1, 0.15) is 6.04 Å². The molecule has 1 aromatic rings. The van der Waals surface area contributed by atoms with Gasteiger partial charge in [0.05, 0.1) is 19.8 Å². The van der Waals surface area contributed by atoms with Crippen LogP contribution >= 0.6 is 0 Å². The van der Waals surface area contributed by atoms with E-state index in [1.807, 2.05) is 19.2 Å². The fraction of sp³-hybridized carbons (Fsp3) is 0.750. The van der Waals surface area contributed by atoms with Crippen LogP contribution in [0.15, 0.2) is 18.5 Å². The van der Waals surface area contributed by atoms with E-state index in [4.69, 9.17) is 9.47 Å². The summed E-state index contributed by atoms with van der Waals surface area (Å²) in [6.45, 7) is 7.50. The third-order valence-electron chi connectivity index (χ3n) is 4.81. The van der Waals surface area contributed by atoms with Crippen LogP contribution in [0.1, 0.15) is 19.4 Å². The van der Waals surface area contributed by atoms with Crippen molar-refractivity contribution in [3.63, 3.8) is 0 Å². The molecular formula is C16H26N4O3. The summed E-state index contributed by atoms with van der Waals surface area (Å²) in [5, 5.41) is 7.25. The second-order valence-corrected chi connectivity index (χ2v) is 6.25. The molecule has 1 amide bonds. The Kier molecular flexibility index (Phi) is 5.64. The maximum absolute atomic E-state index is 12.4. The largest absolute Gasteiger partial charge is 0.381 e. The smallest absolute Gasteiger partial charge is 0.244 e. The van der Waals surface area contributed by atoms with Gasteiger partial charge in [-0.15, -0.1) is 0 Å². The summed E-state index contributed by atoms with van der Waals surface area (Å²) in [6.07, 6.45) is 4.57. The number of nitrogens with one attached hydrogen (secondary N) is 1. The molecule has 2 aliphatic heterocycles. The van der Waals surface area contributed by atoms with E-state index in [0.29, 0.717) is 18.5 Å². The quantitative estimate of drug-likeness (QED) is 0.816. The molecule has 0 aromatic carbocycles. The van der Waals surface area contributed by atoms with E-state index in [1.54, 1.807) is 10.9 Å². The van der Waals surface area contributed by atoms with Crippen molar-refractivity contribution < 1.29 is 14.3 Å². The highest BCUT2D eigenvalue weighted by atomic mass is 16.5. The van der Waals surface area contributed by atoms with E-state index < -0.39 is 0 Å². The summed E-state index contributed by atoms with van der Waals surface area (Å²) in [7, 11) is 0. The molecule has 3 heterocycles. The summed E-state index contributed by atoms with van der Waals surface area (Å²) in [4.78, 5) is 14.8. The minimum absolute atomic E-state index is 0.00544. The van der Waals surface area contributed by atoms with Crippen molar-refractivity contribution in [1.82, 2.24) is 20.0 Å². The molecule has 3 unspecified atom stereocenters. The summed E-state index contributed by atoms with van der Waals surface area (Å²) in [6, 6.07) is 1.85. The predicted octanol–water partition coefficient (Wildman–Crippen LogP) is 0.298. The number of rotatable bonds is 6. The van der Waals surface area contributed by atoms with Gasteiger partial charge in [-0.2, -0.15) is 5.10 Å². The Morgan fingerprint density at radius 3 is 2.83 bits per heavy atom. The van der Waals surface area contributed by atoms with Crippen LogP contribution in [0.25, 0.3) is 0 Å². The van der Waals surface area contributed by atoms with E-state index in [-0.39, 0.29) is 11.9 Å². The van der Waals surface area contributed by atoms with Gasteiger partial charge in [0.15, 0.2) is 0 Å². The molecule has 0 bridgehead atoms. The van der Waals surface area contributed by atoms with Crippen molar-refractivity contribution >= 4 is 5.91 Å². The van der Waals surface area contributed by atoms with Gasteiger partial charge in [0.25, 0.3) is 0 Å². The monoisotopic (exact) mass is 322 g/mol. The van der Waals surface area contributed by atoms with Gasteiger partial charge in [-0.3, -0.25) is 14.4 Å². The van der Waals surface area contributed by atoms with Crippen molar-refractivity contribution in [3.05, 3.63) is 18.5 Å². The van der Waals surface area contributed by atoms with E-state index in [1.165, 1.54) is 0 Å². The van der Waals surface area contributed by atoms with Crippen LogP contribution in [-0.2, 0) is 14.3 Å². The van der Waals surface area contributed by atoms with Gasteiger partial charge in [0.2, 0.25) is 5.91 Å². The predicted molar refractivity (Wildman–Crippen MR) is 85.1 cm³/mol. The minimum atomic E-state index is -0.296. The lowest BCUT2D eigenvalue weighted by Gasteiger charge is -2.37. The molecule has 1 aromatic heterocycles. The number of amides is 1. The lowest BCUT2D eigenvalue weighted by molar-refractivity contribution is -0.124. The van der Waals surface area contributed by atoms with Crippen molar-refractivity contribution in [2.24, 2.45) is 5.92 Å².